The summed E-state index contributed by atoms with van der Waals surface area (Å²) in [7, 11) is 1.71. The monoisotopic (exact) mass is 253 g/mol. The second kappa shape index (κ2) is 4.85. The fraction of sp³-hybridized carbons (Fsp3) is 0.250. The highest BCUT2D eigenvalue weighted by Crippen LogP contribution is 2.25. The smallest absolute Gasteiger partial charge is 0.316 e. The third-order valence-electron chi connectivity index (χ3n) is 2.58. The topological polar surface area (TPSA) is 20.3 Å². The minimum absolute atomic E-state index is 0.403. The molecule has 0 N–H and O–H groups in total. The lowest BCUT2D eigenvalue weighted by Crippen LogP contribution is -2.23. The zero-order chi connectivity index (χ0) is 11.5. The number of hydrogen-bond acceptors (Lipinski definition) is 2. The van der Waals surface area contributed by atoms with Gasteiger partial charge in [-0.2, -0.15) is 0 Å². The van der Waals surface area contributed by atoms with Crippen molar-refractivity contribution in [3.63, 3.8) is 0 Å². The summed E-state index contributed by atoms with van der Waals surface area (Å²) in [6.07, 6.45) is 0.846. The Morgan fingerprint density at radius 3 is 2.94 bits per heavy atom. The second-order valence-electron chi connectivity index (χ2n) is 3.68. The van der Waals surface area contributed by atoms with E-state index in [-0.39, 0.29) is 0 Å². The molecule has 0 saturated carbocycles. The van der Waals surface area contributed by atoms with Crippen LogP contribution >= 0.6 is 22.9 Å². The molecular formula is C12H12ClNOS. The first kappa shape index (κ1) is 11.4. The van der Waals surface area contributed by atoms with E-state index in [1.54, 1.807) is 18.4 Å². The molecule has 0 fully saturated rings. The van der Waals surface area contributed by atoms with Crippen molar-refractivity contribution in [3.8, 4) is 0 Å². The number of carbonyl (C=O) groups is 1. The third kappa shape index (κ3) is 2.36. The predicted molar refractivity (Wildman–Crippen MR) is 69.4 cm³/mol. The van der Waals surface area contributed by atoms with Crippen LogP contribution < -0.4 is 0 Å². The highest BCUT2D eigenvalue weighted by molar-refractivity contribution is 7.17. The lowest BCUT2D eigenvalue weighted by atomic mass is 10.1. The molecule has 1 aromatic carbocycles. The molecule has 2 nitrogen and oxygen atoms in total. The van der Waals surface area contributed by atoms with E-state index in [2.05, 4.69) is 17.5 Å². The number of thiophene rings is 1. The Morgan fingerprint density at radius 1 is 1.44 bits per heavy atom. The van der Waals surface area contributed by atoms with Crippen LogP contribution in [0.1, 0.15) is 5.56 Å². The number of benzene rings is 1. The standard InChI is InChI=1S/C12H12ClNOS/c1-14(12(13)15)7-6-9-8-16-11-5-3-2-4-10(9)11/h2-5,8H,6-7H2,1H3. The Kier molecular flexibility index (Phi) is 3.46. The molecule has 4 heteroatoms. The molecule has 0 saturated heterocycles. The Hall–Kier alpha value is -1.06. The number of likely N-dealkylation sites (N-methyl/N-ethyl adjacent to an activating group) is 1. The van der Waals surface area contributed by atoms with Crippen LogP contribution in [0.15, 0.2) is 29.6 Å². The summed E-state index contributed by atoms with van der Waals surface area (Å²) < 4.78 is 1.29. The van der Waals surface area contributed by atoms with E-state index in [9.17, 15) is 4.79 Å². The number of amides is 1. The molecule has 0 bridgehead atoms. The molecule has 1 amide bonds. The average molecular weight is 254 g/mol. The molecule has 0 aliphatic rings. The van der Waals surface area contributed by atoms with E-state index in [0.717, 1.165) is 6.42 Å². The first-order chi connectivity index (χ1) is 7.68. The van der Waals surface area contributed by atoms with E-state index in [1.165, 1.54) is 20.5 Å². The van der Waals surface area contributed by atoms with Gasteiger partial charge < -0.3 is 4.90 Å². The summed E-state index contributed by atoms with van der Waals surface area (Å²) in [5, 5.41) is 3.03. The summed E-state index contributed by atoms with van der Waals surface area (Å²) in [6, 6.07) is 8.30. The van der Waals surface area contributed by atoms with Crippen LogP contribution in [-0.2, 0) is 6.42 Å². The molecule has 84 valence electrons. The van der Waals surface area contributed by atoms with Crippen molar-refractivity contribution in [3.05, 3.63) is 35.2 Å². The Bertz CT molecular complexity index is 508. The molecule has 0 atom stereocenters. The maximum absolute atomic E-state index is 10.9. The van der Waals surface area contributed by atoms with Crippen LogP contribution in [-0.4, -0.2) is 23.9 Å². The third-order valence-corrected chi connectivity index (χ3v) is 3.88. The second-order valence-corrected chi connectivity index (χ2v) is 4.92. The number of carbonyl (C=O) groups excluding carboxylic acids is 1. The quantitative estimate of drug-likeness (QED) is 0.603. The molecule has 0 radical (unpaired) electrons. The molecule has 0 spiro atoms. The number of hydrogen-bond donors (Lipinski definition) is 0. The molecule has 0 unspecified atom stereocenters. The van der Waals surface area contributed by atoms with E-state index in [1.807, 2.05) is 12.1 Å². The normalized spacial score (nSPS) is 10.6. The van der Waals surface area contributed by atoms with Crippen LogP contribution in [0.5, 0.6) is 0 Å². The maximum atomic E-state index is 10.9. The van der Waals surface area contributed by atoms with Gasteiger partial charge in [0, 0.05) is 18.3 Å². The molecular weight excluding hydrogens is 242 g/mol. The highest BCUT2D eigenvalue weighted by Gasteiger charge is 2.07. The van der Waals surface area contributed by atoms with Crippen LogP contribution in [0.2, 0.25) is 0 Å². The average Bonchev–Trinajstić information content (AvgIpc) is 2.69. The van der Waals surface area contributed by atoms with E-state index < -0.39 is 5.37 Å². The molecule has 2 aromatic rings. The van der Waals surface area contributed by atoms with Crippen molar-refractivity contribution < 1.29 is 4.79 Å². The van der Waals surface area contributed by atoms with Crippen molar-refractivity contribution in [1.29, 1.82) is 0 Å². The molecule has 1 heterocycles. The molecule has 0 aliphatic heterocycles. The van der Waals surface area contributed by atoms with Gasteiger partial charge in [0.15, 0.2) is 0 Å². The number of fused-ring (bicyclic) bond motifs is 1. The minimum atomic E-state index is -0.403. The van der Waals surface area contributed by atoms with Gasteiger partial charge in [-0.3, -0.25) is 4.79 Å². The van der Waals surface area contributed by atoms with Crippen LogP contribution in [0.3, 0.4) is 0 Å². The molecule has 1 aromatic heterocycles. The van der Waals surface area contributed by atoms with E-state index in [4.69, 9.17) is 11.6 Å². The van der Waals surface area contributed by atoms with Crippen molar-refractivity contribution in [2.45, 2.75) is 6.42 Å². The van der Waals surface area contributed by atoms with Gasteiger partial charge in [-0.05, 0) is 40.4 Å². The van der Waals surface area contributed by atoms with Gasteiger partial charge in [-0.25, -0.2) is 0 Å². The Balaban J connectivity index is 2.13. The first-order valence-electron chi connectivity index (χ1n) is 5.04. The van der Waals surface area contributed by atoms with Gasteiger partial charge in [-0.15, -0.1) is 11.3 Å². The summed E-state index contributed by atoms with van der Waals surface area (Å²) in [6.45, 7) is 0.656. The van der Waals surface area contributed by atoms with Crippen molar-refractivity contribution in [1.82, 2.24) is 4.90 Å². The highest BCUT2D eigenvalue weighted by atomic mass is 35.5. The summed E-state index contributed by atoms with van der Waals surface area (Å²) in [4.78, 5) is 12.4. The lowest BCUT2D eigenvalue weighted by Gasteiger charge is -2.12. The van der Waals surface area contributed by atoms with Gasteiger partial charge in [0.2, 0.25) is 0 Å². The van der Waals surface area contributed by atoms with Gasteiger partial charge in [0.05, 0.1) is 0 Å². The van der Waals surface area contributed by atoms with Gasteiger partial charge in [-0.1, -0.05) is 18.2 Å². The summed E-state index contributed by atoms with van der Waals surface area (Å²) >= 11 is 7.11. The van der Waals surface area contributed by atoms with Gasteiger partial charge >= 0.3 is 5.37 Å². The number of nitrogens with zero attached hydrogens (tertiary/aromatic N) is 1. The minimum Gasteiger partial charge on any atom is -0.332 e. The summed E-state index contributed by atoms with van der Waals surface area (Å²) in [5.41, 5.74) is 1.28. The van der Waals surface area contributed by atoms with Gasteiger partial charge in [0.25, 0.3) is 0 Å². The van der Waals surface area contributed by atoms with E-state index >= 15 is 0 Å². The Morgan fingerprint density at radius 2 is 2.19 bits per heavy atom. The maximum Gasteiger partial charge on any atom is 0.316 e. The summed E-state index contributed by atoms with van der Waals surface area (Å²) in [5.74, 6) is 0. The van der Waals surface area contributed by atoms with E-state index in [0.29, 0.717) is 6.54 Å². The predicted octanol–water partition coefficient (Wildman–Crippen LogP) is 3.73. The molecule has 2 rings (SSSR count). The first-order valence-corrected chi connectivity index (χ1v) is 6.30. The fourth-order valence-electron chi connectivity index (χ4n) is 1.60. The van der Waals surface area contributed by atoms with Crippen LogP contribution in [0.4, 0.5) is 4.79 Å². The van der Waals surface area contributed by atoms with Gasteiger partial charge in [0.1, 0.15) is 0 Å². The van der Waals surface area contributed by atoms with Crippen molar-refractivity contribution in [2.24, 2.45) is 0 Å². The number of halogens is 1. The fourth-order valence-corrected chi connectivity index (χ4v) is 2.68. The largest absolute Gasteiger partial charge is 0.332 e. The van der Waals surface area contributed by atoms with Crippen molar-refractivity contribution >= 4 is 38.4 Å². The lowest BCUT2D eigenvalue weighted by molar-refractivity contribution is 0.232. The number of rotatable bonds is 3. The van der Waals surface area contributed by atoms with Crippen molar-refractivity contribution in [2.75, 3.05) is 13.6 Å². The zero-order valence-electron chi connectivity index (χ0n) is 8.94. The zero-order valence-corrected chi connectivity index (χ0v) is 10.5. The van der Waals surface area contributed by atoms with Crippen LogP contribution in [0, 0.1) is 0 Å². The Labute approximate surface area is 103 Å². The molecule has 0 aliphatic carbocycles. The SMILES string of the molecule is CN(CCc1csc2ccccc12)C(=O)Cl. The van der Waals surface area contributed by atoms with Crippen LogP contribution in [0.25, 0.3) is 10.1 Å². The molecule has 16 heavy (non-hydrogen) atoms.